The van der Waals surface area contributed by atoms with Crippen molar-refractivity contribution < 1.29 is 8.78 Å². The second-order valence-electron chi connectivity index (χ2n) is 2.37. The van der Waals surface area contributed by atoms with Crippen LogP contribution < -0.4 is 0 Å². The molecule has 0 amide bonds. The van der Waals surface area contributed by atoms with E-state index in [4.69, 9.17) is 0 Å². The van der Waals surface area contributed by atoms with Gasteiger partial charge in [0, 0.05) is 18.3 Å². The van der Waals surface area contributed by atoms with Crippen LogP contribution in [0.15, 0.2) is 12.3 Å². The van der Waals surface area contributed by atoms with E-state index in [0.29, 0.717) is 12.8 Å². The van der Waals surface area contributed by atoms with Gasteiger partial charge in [0.25, 0.3) is 0 Å². The maximum absolute atomic E-state index is 11.6. The van der Waals surface area contributed by atoms with Gasteiger partial charge in [-0.2, -0.15) is 5.10 Å². The van der Waals surface area contributed by atoms with Gasteiger partial charge in [0.15, 0.2) is 0 Å². The van der Waals surface area contributed by atoms with Gasteiger partial charge in [-0.1, -0.05) is 0 Å². The lowest BCUT2D eigenvalue weighted by Gasteiger charge is -1.96. The molecule has 0 aromatic carbocycles. The number of halogens is 2. The van der Waals surface area contributed by atoms with Crippen molar-refractivity contribution in [1.29, 1.82) is 0 Å². The van der Waals surface area contributed by atoms with Gasteiger partial charge in [-0.05, 0) is 18.9 Å². The van der Waals surface area contributed by atoms with E-state index in [0.717, 1.165) is 5.69 Å². The smallest absolute Gasteiger partial charge is 0.238 e. The van der Waals surface area contributed by atoms with E-state index in [-0.39, 0.29) is 6.42 Å². The molecule has 2 nitrogen and oxygen atoms in total. The number of hydrogen-bond donors (Lipinski definition) is 1. The molecule has 0 aliphatic heterocycles. The summed E-state index contributed by atoms with van der Waals surface area (Å²) < 4.78 is 23.3. The van der Waals surface area contributed by atoms with Crippen LogP contribution in [0, 0.1) is 0 Å². The van der Waals surface area contributed by atoms with E-state index in [9.17, 15) is 8.78 Å². The molecule has 4 heteroatoms. The van der Waals surface area contributed by atoms with Crippen LogP contribution in [-0.2, 0) is 6.42 Å². The zero-order valence-corrected chi connectivity index (χ0v) is 6.06. The Balaban J connectivity index is 2.14. The molecule has 0 saturated heterocycles. The van der Waals surface area contributed by atoms with Gasteiger partial charge >= 0.3 is 0 Å². The fraction of sp³-hybridized carbons (Fsp3) is 0.571. The monoisotopic (exact) mass is 160 g/mol. The normalized spacial score (nSPS) is 10.8. The largest absolute Gasteiger partial charge is 0.283 e. The quantitative estimate of drug-likeness (QED) is 0.716. The first kappa shape index (κ1) is 8.17. The first-order chi connectivity index (χ1) is 5.29. The Hall–Kier alpha value is -0.930. The maximum atomic E-state index is 11.6. The van der Waals surface area contributed by atoms with Gasteiger partial charge in [-0.25, -0.2) is 8.78 Å². The van der Waals surface area contributed by atoms with E-state index in [1.54, 1.807) is 12.3 Å². The van der Waals surface area contributed by atoms with Crippen LogP contribution in [0.25, 0.3) is 0 Å². The molecule has 1 aromatic rings. The van der Waals surface area contributed by atoms with Gasteiger partial charge in [-0.15, -0.1) is 0 Å². The summed E-state index contributed by atoms with van der Waals surface area (Å²) in [6, 6.07) is 1.80. The summed E-state index contributed by atoms with van der Waals surface area (Å²) in [5.41, 5.74) is 0.922. The van der Waals surface area contributed by atoms with E-state index >= 15 is 0 Å². The molecule has 1 heterocycles. The molecule has 0 spiro atoms. The molecule has 1 N–H and O–H groups in total. The highest BCUT2D eigenvalue weighted by Crippen LogP contribution is 2.06. The molecule has 0 aliphatic rings. The minimum atomic E-state index is -2.18. The molecule has 11 heavy (non-hydrogen) atoms. The summed E-state index contributed by atoms with van der Waals surface area (Å²) in [4.78, 5) is 0. The Bertz CT molecular complexity index is 184. The molecule has 0 bridgehead atoms. The van der Waals surface area contributed by atoms with Crippen LogP contribution in [-0.4, -0.2) is 16.6 Å². The molecule has 1 rings (SSSR count). The first-order valence-corrected chi connectivity index (χ1v) is 3.55. The molecule has 1 aromatic heterocycles. The second kappa shape index (κ2) is 4.05. The zero-order chi connectivity index (χ0) is 8.10. The van der Waals surface area contributed by atoms with Crippen LogP contribution in [0.1, 0.15) is 18.5 Å². The third-order valence-corrected chi connectivity index (χ3v) is 1.43. The highest BCUT2D eigenvalue weighted by Gasteiger charge is 2.01. The van der Waals surface area contributed by atoms with Crippen LogP contribution in [0.4, 0.5) is 8.78 Å². The van der Waals surface area contributed by atoms with E-state index in [1.807, 2.05) is 0 Å². The molecule has 0 aliphatic carbocycles. The van der Waals surface area contributed by atoms with Crippen molar-refractivity contribution in [2.75, 3.05) is 0 Å². The third-order valence-electron chi connectivity index (χ3n) is 1.43. The first-order valence-electron chi connectivity index (χ1n) is 3.55. The fourth-order valence-electron chi connectivity index (χ4n) is 0.871. The van der Waals surface area contributed by atoms with Crippen LogP contribution >= 0.6 is 0 Å². The van der Waals surface area contributed by atoms with Crippen molar-refractivity contribution in [2.45, 2.75) is 25.7 Å². The number of aromatic amines is 1. The number of rotatable bonds is 4. The van der Waals surface area contributed by atoms with E-state index < -0.39 is 6.43 Å². The fourth-order valence-corrected chi connectivity index (χ4v) is 0.871. The lowest BCUT2D eigenvalue weighted by Crippen LogP contribution is -1.92. The van der Waals surface area contributed by atoms with Crippen LogP contribution in [0.2, 0.25) is 0 Å². The average molecular weight is 160 g/mol. The Morgan fingerprint density at radius 1 is 1.55 bits per heavy atom. The molecular formula is C7H10F2N2. The number of hydrogen-bond acceptors (Lipinski definition) is 1. The number of aromatic nitrogens is 2. The van der Waals surface area contributed by atoms with Crippen LogP contribution in [0.5, 0.6) is 0 Å². The van der Waals surface area contributed by atoms with E-state index in [2.05, 4.69) is 10.2 Å². The summed E-state index contributed by atoms with van der Waals surface area (Å²) in [5, 5.41) is 6.42. The predicted molar refractivity (Wildman–Crippen MR) is 37.5 cm³/mol. The molecule has 0 radical (unpaired) electrons. The Morgan fingerprint density at radius 3 is 2.91 bits per heavy atom. The van der Waals surface area contributed by atoms with Crippen molar-refractivity contribution in [3.8, 4) is 0 Å². The molecule has 0 atom stereocenters. The highest BCUT2D eigenvalue weighted by molar-refractivity contribution is 4.96. The minimum Gasteiger partial charge on any atom is -0.283 e. The molecule has 0 unspecified atom stereocenters. The Morgan fingerprint density at radius 2 is 2.36 bits per heavy atom. The van der Waals surface area contributed by atoms with Gasteiger partial charge in [-0.3, -0.25) is 5.10 Å². The molecule has 0 fully saturated rings. The number of nitrogens with zero attached hydrogens (tertiary/aromatic N) is 1. The Kier molecular flexibility index (Phi) is 3.01. The summed E-state index contributed by atoms with van der Waals surface area (Å²) in [5.74, 6) is 0. The topological polar surface area (TPSA) is 28.7 Å². The number of nitrogens with one attached hydrogen (secondary N) is 1. The summed E-state index contributed by atoms with van der Waals surface area (Å²) in [6.45, 7) is 0. The van der Waals surface area contributed by atoms with Gasteiger partial charge < -0.3 is 0 Å². The van der Waals surface area contributed by atoms with Gasteiger partial charge in [0.1, 0.15) is 0 Å². The molecule has 0 saturated carbocycles. The zero-order valence-electron chi connectivity index (χ0n) is 6.06. The van der Waals surface area contributed by atoms with E-state index in [1.165, 1.54) is 0 Å². The van der Waals surface area contributed by atoms with Crippen molar-refractivity contribution in [1.82, 2.24) is 10.2 Å². The lowest BCUT2D eigenvalue weighted by molar-refractivity contribution is 0.135. The van der Waals surface area contributed by atoms with Crippen molar-refractivity contribution >= 4 is 0 Å². The highest BCUT2D eigenvalue weighted by atomic mass is 19.3. The van der Waals surface area contributed by atoms with Crippen molar-refractivity contribution in [2.24, 2.45) is 0 Å². The van der Waals surface area contributed by atoms with Gasteiger partial charge in [0.05, 0.1) is 0 Å². The van der Waals surface area contributed by atoms with Crippen molar-refractivity contribution in [3.05, 3.63) is 18.0 Å². The summed E-state index contributed by atoms with van der Waals surface area (Å²) in [7, 11) is 0. The number of aryl methyl sites for hydroxylation is 1. The summed E-state index contributed by atoms with van der Waals surface area (Å²) in [6.07, 6.45) is 0.582. The van der Waals surface area contributed by atoms with Crippen molar-refractivity contribution in [3.63, 3.8) is 0 Å². The van der Waals surface area contributed by atoms with Gasteiger partial charge in [0.2, 0.25) is 6.43 Å². The minimum absolute atomic E-state index is 0.0288. The average Bonchev–Trinajstić information content (AvgIpc) is 2.39. The van der Waals surface area contributed by atoms with Crippen LogP contribution in [0.3, 0.4) is 0 Å². The SMILES string of the molecule is FC(F)CCCc1ccn[nH]1. The number of H-pyrrole nitrogens is 1. The molecular weight excluding hydrogens is 150 g/mol. The maximum Gasteiger partial charge on any atom is 0.238 e. The summed E-state index contributed by atoms with van der Waals surface area (Å²) >= 11 is 0. The molecule has 62 valence electrons. The standard InChI is InChI=1S/C7H10F2N2/c8-7(9)3-1-2-6-4-5-10-11-6/h4-5,7H,1-3H2,(H,10,11). The Labute approximate surface area is 63.6 Å². The number of alkyl halides is 2. The third kappa shape index (κ3) is 3.11. The lowest BCUT2D eigenvalue weighted by atomic mass is 10.2. The second-order valence-corrected chi connectivity index (χ2v) is 2.37. The predicted octanol–water partition coefficient (Wildman–Crippen LogP) is 2.00.